The number of sulfonamides is 1. The van der Waals surface area contributed by atoms with E-state index in [1.807, 2.05) is 13.8 Å². The quantitative estimate of drug-likeness (QED) is 0.856. The number of hydrogen-bond donors (Lipinski definition) is 2. The lowest BCUT2D eigenvalue weighted by molar-refractivity contribution is 0.601. The van der Waals surface area contributed by atoms with Crippen molar-refractivity contribution in [3.63, 3.8) is 0 Å². The van der Waals surface area contributed by atoms with Crippen molar-refractivity contribution in [2.24, 2.45) is 0 Å². The number of para-hydroxylation sites is 1. The van der Waals surface area contributed by atoms with E-state index in [0.717, 1.165) is 0 Å². The van der Waals surface area contributed by atoms with Gasteiger partial charge >= 0.3 is 0 Å². The molecule has 0 radical (unpaired) electrons. The normalized spacial score (nSPS) is 11.3. The van der Waals surface area contributed by atoms with Gasteiger partial charge in [-0.25, -0.2) is 8.42 Å². The SMILES string of the molecule is CCNc1ccccc1S(=O)(=O)Nc1cnn(CC)c1. The van der Waals surface area contributed by atoms with Crippen LogP contribution in [-0.4, -0.2) is 24.7 Å². The van der Waals surface area contributed by atoms with E-state index < -0.39 is 10.0 Å². The molecule has 2 aromatic rings. The van der Waals surface area contributed by atoms with Gasteiger partial charge in [0.25, 0.3) is 10.0 Å². The summed E-state index contributed by atoms with van der Waals surface area (Å²) < 4.78 is 29.0. The smallest absolute Gasteiger partial charge is 0.264 e. The first kappa shape index (κ1) is 14.4. The van der Waals surface area contributed by atoms with Crippen molar-refractivity contribution < 1.29 is 8.42 Å². The standard InChI is InChI=1S/C13H18N4O2S/c1-3-14-12-7-5-6-8-13(12)20(18,19)16-11-9-15-17(4-2)10-11/h5-10,14,16H,3-4H2,1-2H3. The molecule has 1 aromatic heterocycles. The minimum atomic E-state index is -3.63. The molecule has 0 atom stereocenters. The van der Waals surface area contributed by atoms with Gasteiger partial charge in [-0.15, -0.1) is 0 Å². The van der Waals surface area contributed by atoms with Crippen LogP contribution in [0.4, 0.5) is 11.4 Å². The van der Waals surface area contributed by atoms with Crippen LogP contribution >= 0.6 is 0 Å². The second-order valence-corrected chi connectivity index (χ2v) is 5.87. The van der Waals surface area contributed by atoms with Gasteiger partial charge in [0.2, 0.25) is 0 Å². The summed E-state index contributed by atoms with van der Waals surface area (Å²) in [5, 5.41) is 7.09. The minimum absolute atomic E-state index is 0.228. The Kier molecular flexibility index (Phi) is 4.29. The third-order valence-corrected chi connectivity index (χ3v) is 4.19. The van der Waals surface area contributed by atoms with Crippen molar-refractivity contribution in [3.05, 3.63) is 36.7 Å². The Morgan fingerprint density at radius 1 is 1.25 bits per heavy atom. The average Bonchev–Trinajstić information content (AvgIpc) is 2.86. The van der Waals surface area contributed by atoms with Gasteiger partial charge in [-0.2, -0.15) is 5.10 Å². The summed E-state index contributed by atoms with van der Waals surface area (Å²) in [6.07, 6.45) is 3.16. The molecule has 2 N–H and O–H groups in total. The predicted octanol–water partition coefficient (Wildman–Crippen LogP) is 2.14. The van der Waals surface area contributed by atoms with Crippen LogP contribution in [-0.2, 0) is 16.6 Å². The van der Waals surface area contributed by atoms with Crippen LogP contribution in [0.3, 0.4) is 0 Å². The molecule has 0 aliphatic heterocycles. The predicted molar refractivity (Wildman–Crippen MR) is 79.3 cm³/mol. The Hall–Kier alpha value is -2.02. The summed E-state index contributed by atoms with van der Waals surface area (Å²) in [6.45, 7) is 5.20. The van der Waals surface area contributed by atoms with E-state index in [0.29, 0.717) is 24.5 Å². The lowest BCUT2D eigenvalue weighted by atomic mass is 10.3. The number of rotatable bonds is 6. The third-order valence-electron chi connectivity index (χ3n) is 2.75. The summed E-state index contributed by atoms with van der Waals surface area (Å²) in [5.74, 6) is 0. The molecule has 2 rings (SSSR count). The van der Waals surface area contributed by atoms with E-state index in [9.17, 15) is 8.42 Å². The Bertz CT molecular complexity index is 679. The number of nitrogens with one attached hydrogen (secondary N) is 2. The van der Waals surface area contributed by atoms with E-state index in [1.165, 1.54) is 6.20 Å². The number of aromatic nitrogens is 2. The highest BCUT2D eigenvalue weighted by Crippen LogP contribution is 2.23. The van der Waals surface area contributed by atoms with Gasteiger partial charge < -0.3 is 5.32 Å². The molecule has 0 amide bonds. The molecule has 108 valence electrons. The third kappa shape index (κ3) is 3.11. The van der Waals surface area contributed by atoms with Crippen molar-refractivity contribution >= 4 is 21.4 Å². The van der Waals surface area contributed by atoms with Crippen LogP contribution in [0.25, 0.3) is 0 Å². The number of benzene rings is 1. The molecule has 0 fully saturated rings. The molecule has 0 unspecified atom stereocenters. The summed E-state index contributed by atoms with van der Waals surface area (Å²) >= 11 is 0. The molecule has 0 saturated heterocycles. The van der Waals surface area contributed by atoms with Gasteiger partial charge in [-0.1, -0.05) is 12.1 Å². The fourth-order valence-electron chi connectivity index (χ4n) is 1.84. The Morgan fingerprint density at radius 2 is 2.00 bits per heavy atom. The molecule has 0 saturated carbocycles. The zero-order valence-electron chi connectivity index (χ0n) is 11.5. The number of aryl methyl sites for hydroxylation is 1. The van der Waals surface area contributed by atoms with Crippen LogP contribution in [0.1, 0.15) is 13.8 Å². The fraction of sp³-hybridized carbons (Fsp3) is 0.308. The maximum Gasteiger partial charge on any atom is 0.264 e. The van der Waals surface area contributed by atoms with Gasteiger partial charge in [-0.3, -0.25) is 9.40 Å². The van der Waals surface area contributed by atoms with E-state index in [1.54, 1.807) is 35.1 Å². The molecular weight excluding hydrogens is 276 g/mol. The van der Waals surface area contributed by atoms with Gasteiger partial charge in [0.1, 0.15) is 4.90 Å². The molecule has 20 heavy (non-hydrogen) atoms. The van der Waals surface area contributed by atoms with E-state index >= 15 is 0 Å². The summed E-state index contributed by atoms with van der Waals surface area (Å²) in [7, 11) is -3.63. The maximum absolute atomic E-state index is 12.4. The second kappa shape index (κ2) is 5.96. The summed E-state index contributed by atoms with van der Waals surface area (Å²) in [6, 6.07) is 6.81. The van der Waals surface area contributed by atoms with E-state index in [4.69, 9.17) is 0 Å². The molecule has 0 aliphatic rings. The zero-order chi connectivity index (χ0) is 14.6. The lowest BCUT2D eigenvalue weighted by Crippen LogP contribution is -2.15. The van der Waals surface area contributed by atoms with Crippen molar-refractivity contribution in [1.82, 2.24) is 9.78 Å². The number of anilines is 2. The fourth-order valence-corrected chi connectivity index (χ4v) is 3.05. The van der Waals surface area contributed by atoms with Crippen LogP contribution in [0.15, 0.2) is 41.6 Å². The van der Waals surface area contributed by atoms with Crippen molar-refractivity contribution in [2.45, 2.75) is 25.3 Å². The topological polar surface area (TPSA) is 76.0 Å². The van der Waals surface area contributed by atoms with Gasteiger partial charge in [-0.05, 0) is 26.0 Å². The van der Waals surface area contributed by atoms with Crippen LogP contribution in [0, 0.1) is 0 Å². The Balaban J connectivity index is 2.30. The number of nitrogens with zero attached hydrogens (tertiary/aromatic N) is 2. The molecule has 6 nitrogen and oxygen atoms in total. The highest BCUT2D eigenvalue weighted by atomic mass is 32.2. The summed E-state index contributed by atoms with van der Waals surface area (Å²) in [4.78, 5) is 0.228. The molecule has 0 bridgehead atoms. The minimum Gasteiger partial charge on any atom is -0.384 e. The van der Waals surface area contributed by atoms with Crippen molar-refractivity contribution in [3.8, 4) is 0 Å². The first-order valence-corrected chi connectivity index (χ1v) is 7.93. The maximum atomic E-state index is 12.4. The largest absolute Gasteiger partial charge is 0.384 e. The monoisotopic (exact) mass is 294 g/mol. The Labute approximate surface area is 118 Å². The molecule has 7 heteroatoms. The van der Waals surface area contributed by atoms with Crippen molar-refractivity contribution in [1.29, 1.82) is 0 Å². The molecule has 1 heterocycles. The Morgan fingerprint density at radius 3 is 2.65 bits per heavy atom. The van der Waals surface area contributed by atoms with E-state index in [2.05, 4.69) is 15.1 Å². The highest BCUT2D eigenvalue weighted by Gasteiger charge is 2.18. The highest BCUT2D eigenvalue weighted by molar-refractivity contribution is 7.92. The first-order chi connectivity index (χ1) is 9.56. The van der Waals surface area contributed by atoms with Crippen LogP contribution in [0.2, 0.25) is 0 Å². The van der Waals surface area contributed by atoms with Gasteiger partial charge in [0, 0.05) is 19.3 Å². The van der Waals surface area contributed by atoms with Crippen LogP contribution < -0.4 is 10.0 Å². The zero-order valence-corrected chi connectivity index (χ0v) is 12.3. The van der Waals surface area contributed by atoms with Crippen molar-refractivity contribution in [2.75, 3.05) is 16.6 Å². The summed E-state index contributed by atoms with van der Waals surface area (Å²) in [5.41, 5.74) is 1.04. The molecule has 1 aromatic carbocycles. The lowest BCUT2D eigenvalue weighted by Gasteiger charge is -2.11. The van der Waals surface area contributed by atoms with Gasteiger partial charge in [0.15, 0.2) is 0 Å². The number of hydrogen-bond acceptors (Lipinski definition) is 4. The molecular formula is C13H18N4O2S. The second-order valence-electron chi connectivity index (χ2n) is 4.22. The molecule has 0 aliphatic carbocycles. The first-order valence-electron chi connectivity index (χ1n) is 6.45. The van der Waals surface area contributed by atoms with Gasteiger partial charge in [0.05, 0.1) is 17.6 Å². The van der Waals surface area contributed by atoms with Crippen LogP contribution in [0.5, 0.6) is 0 Å². The average molecular weight is 294 g/mol. The van der Waals surface area contributed by atoms with E-state index in [-0.39, 0.29) is 4.90 Å². The molecule has 0 spiro atoms.